The van der Waals surface area contributed by atoms with Crippen LogP contribution in [-0.2, 0) is 4.79 Å². The van der Waals surface area contributed by atoms with Crippen molar-refractivity contribution in [1.29, 1.82) is 0 Å². The molecule has 2 N–H and O–H groups in total. The molecule has 0 amide bonds. The summed E-state index contributed by atoms with van der Waals surface area (Å²) in [5.74, 6) is -0.271. The molecule has 1 saturated heterocycles. The molecule has 0 bridgehead atoms. The van der Waals surface area contributed by atoms with Gasteiger partial charge in [0, 0.05) is 6.04 Å². The number of ether oxygens (including phenoxy) is 1. The van der Waals surface area contributed by atoms with E-state index in [2.05, 4.69) is 5.32 Å². The van der Waals surface area contributed by atoms with Crippen molar-refractivity contribution in [2.45, 2.75) is 12.5 Å². The molecule has 1 heterocycles. The molecule has 2 rings (SSSR count). The number of carboxylic acids is 1. The number of carbonyl (C=O) groups is 1. The molecule has 17 heavy (non-hydrogen) atoms. The number of halogens is 1. The van der Waals surface area contributed by atoms with E-state index in [1.165, 1.54) is 0 Å². The fourth-order valence-corrected chi connectivity index (χ4v) is 2.13. The van der Waals surface area contributed by atoms with Gasteiger partial charge in [0.25, 0.3) is 0 Å². The lowest BCUT2D eigenvalue weighted by Crippen LogP contribution is -2.23. The molecule has 5 heteroatoms. The molecule has 1 aliphatic rings. The molecule has 0 saturated carbocycles. The first-order valence-electron chi connectivity index (χ1n) is 5.32. The second-order valence-corrected chi connectivity index (χ2v) is 3.94. The van der Waals surface area contributed by atoms with E-state index in [4.69, 9.17) is 9.84 Å². The third-order valence-electron chi connectivity index (χ3n) is 3.01. The summed E-state index contributed by atoms with van der Waals surface area (Å²) in [4.78, 5) is 11.0. The van der Waals surface area contributed by atoms with Gasteiger partial charge in [-0.3, -0.25) is 4.79 Å². The Kier molecular flexibility index (Phi) is 4.78. The van der Waals surface area contributed by atoms with Crippen molar-refractivity contribution >= 4 is 18.4 Å². The lowest BCUT2D eigenvalue weighted by Gasteiger charge is -2.16. The van der Waals surface area contributed by atoms with Crippen molar-refractivity contribution in [3.05, 3.63) is 29.8 Å². The van der Waals surface area contributed by atoms with Gasteiger partial charge in [0.2, 0.25) is 0 Å². The summed E-state index contributed by atoms with van der Waals surface area (Å²) < 4.78 is 5.07. The minimum atomic E-state index is -0.731. The lowest BCUT2D eigenvalue weighted by molar-refractivity contribution is -0.142. The highest BCUT2D eigenvalue weighted by Crippen LogP contribution is 2.30. The molecule has 0 aromatic heterocycles. The van der Waals surface area contributed by atoms with Crippen LogP contribution in [0.2, 0.25) is 0 Å². The van der Waals surface area contributed by atoms with Crippen molar-refractivity contribution in [2.75, 3.05) is 13.7 Å². The zero-order chi connectivity index (χ0) is 11.5. The van der Waals surface area contributed by atoms with Gasteiger partial charge in [-0.2, -0.15) is 0 Å². The normalized spacial score (nSPS) is 22.9. The van der Waals surface area contributed by atoms with Crippen molar-refractivity contribution in [1.82, 2.24) is 5.32 Å². The summed E-state index contributed by atoms with van der Waals surface area (Å²) >= 11 is 0. The quantitative estimate of drug-likeness (QED) is 0.868. The molecule has 1 aliphatic heterocycles. The van der Waals surface area contributed by atoms with Gasteiger partial charge in [0.15, 0.2) is 0 Å². The Bertz CT molecular complexity index is 380. The second kappa shape index (κ2) is 5.89. The Morgan fingerprint density at radius 1 is 1.41 bits per heavy atom. The third kappa shape index (κ3) is 2.90. The molecule has 2 atom stereocenters. The van der Waals surface area contributed by atoms with Crippen LogP contribution in [0.3, 0.4) is 0 Å². The first kappa shape index (κ1) is 13.8. The van der Waals surface area contributed by atoms with Crippen LogP contribution in [0.25, 0.3) is 0 Å². The number of methoxy groups -OCH3 is 1. The Morgan fingerprint density at radius 2 is 2.06 bits per heavy atom. The minimum Gasteiger partial charge on any atom is -0.497 e. The number of carboxylic acid groups (broad SMARTS) is 1. The first-order chi connectivity index (χ1) is 7.72. The molecule has 0 spiro atoms. The molecule has 0 aliphatic carbocycles. The average Bonchev–Trinajstić information content (AvgIpc) is 2.78. The van der Waals surface area contributed by atoms with Crippen LogP contribution in [0.1, 0.15) is 18.0 Å². The molecular formula is C12H16ClNO3. The monoisotopic (exact) mass is 257 g/mol. The number of benzene rings is 1. The van der Waals surface area contributed by atoms with E-state index in [9.17, 15) is 4.79 Å². The zero-order valence-electron chi connectivity index (χ0n) is 9.55. The SMILES string of the molecule is COc1ccc([C@@H]2NCC[C@@H]2C(=O)O)cc1.Cl. The predicted molar refractivity (Wildman–Crippen MR) is 66.7 cm³/mol. The Labute approximate surface area is 106 Å². The maximum atomic E-state index is 11.0. The number of nitrogens with one attached hydrogen (secondary N) is 1. The van der Waals surface area contributed by atoms with E-state index in [1.807, 2.05) is 24.3 Å². The van der Waals surface area contributed by atoms with Crippen molar-refractivity contribution in [3.63, 3.8) is 0 Å². The van der Waals surface area contributed by atoms with Crippen LogP contribution in [0.15, 0.2) is 24.3 Å². The van der Waals surface area contributed by atoms with E-state index >= 15 is 0 Å². The third-order valence-corrected chi connectivity index (χ3v) is 3.01. The van der Waals surface area contributed by atoms with Crippen molar-refractivity contribution in [2.24, 2.45) is 5.92 Å². The van der Waals surface area contributed by atoms with Crippen LogP contribution in [-0.4, -0.2) is 24.7 Å². The van der Waals surface area contributed by atoms with Crippen LogP contribution in [0, 0.1) is 5.92 Å². The molecule has 1 aromatic rings. The van der Waals surface area contributed by atoms with Gasteiger partial charge in [0.05, 0.1) is 13.0 Å². The van der Waals surface area contributed by atoms with Gasteiger partial charge in [-0.1, -0.05) is 12.1 Å². The van der Waals surface area contributed by atoms with Gasteiger partial charge in [-0.25, -0.2) is 0 Å². The molecule has 1 fully saturated rings. The average molecular weight is 258 g/mol. The number of hydrogen-bond acceptors (Lipinski definition) is 3. The molecular weight excluding hydrogens is 242 g/mol. The molecule has 0 radical (unpaired) electrons. The summed E-state index contributed by atoms with van der Waals surface area (Å²) in [5, 5.41) is 12.3. The van der Waals surface area contributed by atoms with E-state index in [0.717, 1.165) is 17.9 Å². The standard InChI is InChI=1S/C12H15NO3.ClH/c1-16-9-4-2-8(3-5-9)11-10(12(14)15)6-7-13-11;/h2-5,10-11,13H,6-7H2,1H3,(H,14,15);1H/t10-,11-;/m0./s1. The van der Waals surface area contributed by atoms with Crippen molar-refractivity contribution < 1.29 is 14.6 Å². The van der Waals surface area contributed by atoms with Crippen LogP contribution < -0.4 is 10.1 Å². The lowest BCUT2D eigenvalue weighted by atomic mass is 9.94. The number of hydrogen-bond donors (Lipinski definition) is 2. The van der Waals surface area contributed by atoms with Gasteiger partial charge in [-0.15, -0.1) is 12.4 Å². The fourth-order valence-electron chi connectivity index (χ4n) is 2.13. The highest BCUT2D eigenvalue weighted by atomic mass is 35.5. The smallest absolute Gasteiger partial charge is 0.308 e. The maximum Gasteiger partial charge on any atom is 0.308 e. The highest BCUT2D eigenvalue weighted by Gasteiger charge is 2.33. The van der Waals surface area contributed by atoms with Crippen LogP contribution >= 0.6 is 12.4 Å². The largest absolute Gasteiger partial charge is 0.497 e. The molecule has 0 unspecified atom stereocenters. The molecule has 4 nitrogen and oxygen atoms in total. The Hall–Kier alpha value is -1.26. The van der Waals surface area contributed by atoms with E-state index in [-0.39, 0.29) is 24.4 Å². The molecule has 1 aromatic carbocycles. The van der Waals surface area contributed by atoms with Crippen LogP contribution in [0.5, 0.6) is 5.75 Å². The number of aliphatic carboxylic acids is 1. The van der Waals surface area contributed by atoms with Crippen LogP contribution in [0.4, 0.5) is 0 Å². The van der Waals surface area contributed by atoms with E-state index in [1.54, 1.807) is 7.11 Å². The van der Waals surface area contributed by atoms with E-state index < -0.39 is 5.97 Å². The zero-order valence-corrected chi connectivity index (χ0v) is 10.4. The van der Waals surface area contributed by atoms with E-state index in [0.29, 0.717) is 6.42 Å². The Morgan fingerprint density at radius 3 is 2.59 bits per heavy atom. The second-order valence-electron chi connectivity index (χ2n) is 3.94. The summed E-state index contributed by atoms with van der Waals surface area (Å²) in [6.07, 6.45) is 0.687. The van der Waals surface area contributed by atoms with Crippen molar-refractivity contribution in [3.8, 4) is 5.75 Å². The highest BCUT2D eigenvalue weighted by molar-refractivity contribution is 5.85. The Balaban J connectivity index is 0.00000144. The van der Waals surface area contributed by atoms with Gasteiger partial charge in [0.1, 0.15) is 5.75 Å². The van der Waals surface area contributed by atoms with Gasteiger partial charge >= 0.3 is 5.97 Å². The predicted octanol–water partition coefficient (Wildman–Crippen LogP) is 1.85. The minimum absolute atomic E-state index is 0. The summed E-state index contributed by atoms with van der Waals surface area (Å²) in [6.45, 7) is 0.758. The van der Waals surface area contributed by atoms with Gasteiger partial charge in [-0.05, 0) is 30.7 Å². The van der Waals surface area contributed by atoms with Gasteiger partial charge < -0.3 is 15.2 Å². The topological polar surface area (TPSA) is 58.6 Å². The fraction of sp³-hybridized carbons (Fsp3) is 0.417. The summed E-state index contributed by atoms with van der Waals surface area (Å²) in [6, 6.07) is 7.46. The molecule has 94 valence electrons. The summed E-state index contributed by atoms with van der Waals surface area (Å²) in [7, 11) is 1.61. The first-order valence-corrected chi connectivity index (χ1v) is 5.32. The summed E-state index contributed by atoms with van der Waals surface area (Å²) in [5.41, 5.74) is 1.01. The number of rotatable bonds is 3. The maximum absolute atomic E-state index is 11.0.